The van der Waals surface area contributed by atoms with Crippen LogP contribution in [0.3, 0.4) is 0 Å². The highest BCUT2D eigenvalue weighted by atomic mass is 19.1. The molecule has 14 nitrogen and oxygen atoms in total. The van der Waals surface area contributed by atoms with Gasteiger partial charge < -0.3 is 67.2 Å². The first-order valence-corrected chi connectivity index (χ1v) is 13.5. The number of halogens is 1. The molecule has 0 spiro atoms. The van der Waals surface area contributed by atoms with Gasteiger partial charge in [-0.15, -0.1) is 0 Å². The van der Waals surface area contributed by atoms with Gasteiger partial charge in [0.05, 0.1) is 30.4 Å². The van der Waals surface area contributed by atoms with Crippen molar-refractivity contribution in [3.63, 3.8) is 0 Å². The zero-order chi connectivity index (χ0) is 28.9. The van der Waals surface area contributed by atoms with Crippen LogP contribution in [0.15, 0.2) is 0 Å². The average Bonchev–Trinajstić information content (AvgIpc) is 2.89. The van der Waals surface area contributed by atoms with Gasteiger partial charge in [-0.2, -0.15) is 0 Å². The second-order valence-corrected chi connectivity index (χ2v) is 11.0. The highest BCUT2D eigenvalue weighted by molar-refractivity contribution is 5.81. The first-order chi connectivity index (χ1) is 18.4. The molecule has 0 radical (unpaired) electrons. The van der Waals surface area contributed by atoms with Crippen molar-refractivity contribution in [3.8, 4) is 0 Å². The molecule has 1 saturated carbocycles. The Bertz CT molecular complexity index is 786. The smallest absolute Gasteiger partial charge is 0.250 e. The summed E-state index contributed by atoms with van der Waals surface area (Å²) in [4.78, 5) is 12.5. The van der Waals surface area contributed by atoms with Gasteiger partial charge in [-0.3, -0.25) is 4.79 Å². The van der Waals surface area contributed by atoms with Crippen molar-refractivity contribution >= 4 is 5.91 Å². The minimum absolute atomic E-state index is 0.0644. The second kappa shape index (κ2) is 14.2. The zero-order valence-electron chi connectivity index (χ0n) is 22.5. The normalized spacial score (nSPS) is 44.1. The van der Waals surface area contributed by atoms with E-state index < -0.39 is 85.3 Å². The van der Waals surface area contributed by atoms with Crippen molar-refractivity contribution in [1.82, 2.24) is 10.6 Å². The summed E-state index contributed by atoms with van der Waals surface area (Å²) >= 11 is 0. The molecule has 3 aliphatic rings. The third-order valence-corrected chi connectivity index (χ3v) is 7.91. The summed E-state index contributed by atoms with van der Waals surface area (Å²) in [7, 11) is 0. The molecule has 2 aliphatic heterocycles. The fourth-order valence-corrected chi connectivity index (χ4v) is 5.12. The van der Waals surface area contributed by atoms with Crippen molar-refractivity contribution in [2.75, 3.05) is 32.9 Å². The minimum atomic E-state index is -1.49. The third kappa shape index (κ3) is 8.02. The van der Waals surface area contributed by atoms with Crippen molar-refractivity contribution in [2.45, 2.75) is 106 Å². The van der Waals surface area contributed by atoms with Crippen molar-refractivity contribution in [1.29, 1.82) is 0 Å². The largest absolute Gasteiger partial charge is 0.388 e. The number of hydrogen-bond acceptors (Lipinski definition) is 13. The standard InChI is InChI=1S/C24H46FN5O9/c1-11-17(32)23(36-10-24(11,2)35)39-20-15(30-21(34)16(31)8-26)7-14(28)19(18(20)33)38-22-13(27)4-3-12(37-22)9-29-6-5-25/h11-20,22-23,29,31-33,35H,3-10,26-28H2,1-2H3,(H,30,34)/t11-,12+,13?,14+,15-,16+,17?,18?,19?,20?,22-,23-,24?/m1/s1. The number of nitrogens with one attached hydrogen (secondary N) is 2. The molecule has 1 amide bonds. The van der Waals surface area contributed by atoms with E-state index in [9.17, 15) is 29.6 Å². The molecule has 0 aromatic heterocycles. The van der Waals surface area contributed by atoms with Crippen LogP contribution in [-0.2, 0) is 23.7 Å². The molecular formula is C24H46FN5O9. The van der Waals surface area contributed by atoms with Crippen LogP contribution in [0.5, 0.6) is 0 Å². The number of hydrogen-bond donors (Lipinski definition) is 9. The molecule has 228 valence electrons. The Morgan fingerprint density at radius 2 is 1.85 bits per heavy atom. The van der Waals surface area contributed by atoms with Gasteiger partial charge >= 0.3 is 0 Å². The maximum Gasteiger partial charge on any atom is 0.250 e. The molecule has 15 heteroatoms. The molecule has 2 heterocycles. The maximum atomic E-state index is 12.5. The minimum Gasteiger partial charge on any atom is -0.388 e. The molecule has 3 rings (SSSR count). The van der Waals surface area contributed by atoms with E-state index in [2.05, 4.69) is 10.6 Å². The van der Waals surface area contributed by atoms with Crippen LogP contribution in [0.1, 0.15) is 33.1 Å². The molecule has 3 fully saturated rings. The first kappa shape index (κ1) is 32.4. The lowest BCUT2D eigenvalue weighted by molar-refractivity contribution is -0.314. The summed E-state index contributed by atoms with van der Waals surface area (Å²) in [6.07, 6.45) is -7.59. The topological polar surface area (TPSA) is 237 Å². The van der Waals surface area contributed by atoms with Crippen molar-refractivity contribution in [3.05, 3.63) is 0 Å². The quantitative estimate of drug-likeness (QED) is 0.109. The maximum absolute atomic E-state index is 12.5. The van der Waals surface area contributed by atoms with E-state index in [0.717, 1.165) is 0 Å². The molecule has 2 saturated heterocycles. The van der Waals surface area contributed by atoms with Crippen molar-refractivity contribution < 1.29 is 48.6 Å². The summed E-state index contributed by atoms with van der Waals surface area (Å²) in [5.41, 5.74) is 16.7. The highest BCUT2D eigenvalue weighted by Gasteiger charge is 2.51. The number of carbonyl (C=O) groups excluding carboxylic acids is 1. The Morgan fingerprint density at radius 1 is 1.15 bits per heavy atom. The summed E-state index contributed by atoms with van der Waals surface area (Å²) in [6, 6.07) is -2.22. The fraction of sp³-hybridized carbons (Fsp3) is 0.958. The zero-order valence-corrected chi connectivity index (χ0v) is 22.5. The van der Waals surface area contributed by atoms with E-state index in [1.807, 2.05) is 0 Å². The first-order valence-electron chi connectivity index (χ1n) is 13.5. The number of alkyl halides is 1. The molecule has 13 atom stereocenters. The Morgan fingerprint density at radius 3 is 2.51 bits per heavy atom. The van der Waals surface area contributed by atoms with Gasteiger partial charge in [-0.05, 0) is 26.2 Å². The fourth-order valence-electron chi connectivity index (χ4n) is 5.12. The van der Waals surface area contributed by atoms with Crippen LogP contribution in [0.4, 0.5) is 4.39 Å². The SMILES string of the molecule is C[C@@H]1C(O)[C@@H](OC2C(O)C(O[C@H]3O[C@H](CNCCF)CCC3N)[C@@H](N)C[C@H]2NC(=O)[C@@H](O)CN)OCC1(C)O. The summed E-state index contributed by atoms with van der Waals surface area (Å²) in [5, 5.41) is 48.1. The number of ether oxygens (including phenoxy) is 4. The summed E-state index contributed by atoms with van der Waals surface area (Å²) < 4.78 is 36.1. The number of nitrogens with two attached hydrogens (primary N) is 3. The van der Waals surface area contributed by atoms with Gasteiger partial charge in [0.15, 0.2) is 12.6 Å². The van der Waals surface area contributed by atoms with Gasteiger partial charge in [0.2, 0.25) is 5.91 Å². The van der Waals surface area contributed by atoms with Gasteiger partial charge in [0, 0.05) is 31.6 Å². The number of amides is 1. The molecule has 0 aromatic rings. The van der Waals surface area contributed by atoms with Crippen LogP contribution >= 0.6 is 0 Å². The van der Waals surface area contributed by atoms with E-state index >= 15 is 0 Å². The van der Waals surface area contributed by atoms with E-state index in [1.165, 1.54) is 6.92 Å². The van der Waals surface area contributed by atoms with E-state index in [1.54, 1.807) is 6.92 Å². The number of carbonyl (C=O) groups is 1. The molecular weight excluding hydrogens is 521 g/mol. The van der Waals surface area contributed by atoms with Crippen molar-refractivity contribution in [2.24, 2.45) is 23.1 Å². The summed E-state index contributed by atoms with van der Waals surface area (Å²) in [6.45, 7) is 2.80. The van der Waals surface area contributed by atoms with Crippen LogP contribution in [0.2, 0.25) is 0 Å². The van der Waals surface area contributed by atoms with Gasteiger partial charge in [-0.25, -0.2) is 4.39 Å². The molecule has 12 N–H and O–H groups in total. The lowest BCUT2D eigenvalue weighted by atomic mass is 9.82. The van der Waals surface area contributed by atoms with E-state index in [4.69, 9.17) is 36.1 Å². The Labute approximate surface area is 227 Å². The molecule has 0 bridgehead atoms. The monoisotopic (exact) mass is 567 g/mol. The lowest BCUT2D eigenvalue weighted by Crippen LogP contribution is -2.68. The van der Waals surface area contributed by atoms with Crippen LogP contribution < -0.4 is 27.8 Å². The second-order valence-electron chi connectivity index (χ2n) is 11.0. The highest BCUT2D eigenvalue weighted by Crippen LogP contribution is 2.34. The summed E-state index contributed by atoms with van der Waals surface area (Å²) in [5.74, 6) is -1.41. The molecule has 6 unspecified atom stereocenters. The van der Waals surface area contributed by atoms with E-state index in [0.29, 0.717) is 19.4 Å². The number of rotatable bonds is 11. The third-order valence-electron chi connectivity index (χ3n) is 7.91. The number of aliphatic hydroxyl groups excluding tert-OH is 3. The molecule has 39 heavy (non-hydrogen) atoms. The van der Waals surface area contributed by atoms with Crippen LogP contribution in [0.25, 0.3) is 0 Å². The molecule has 0 aromatic carbocycles. The average molecular weight is 568 g/mol. The van der Waals surface area contributed by atoms with Crippen LogP contribution in [-0.4, -0.2) is 132 Å². The van der Waals surface area contributed by atoms with Gasteiger partial charge in [0.1, 0.15) is 37.2 Å². The van der Waals surface area contributed by atoms with Gasteiger partial charge in [-0.1, -0.05) is 6.92 Å². The Kier molecular flexibility index (Phi) is 11.8. The molecule has 1 aliphatic carbocycles. The Hall–Kier alpha value is -1.08. The van der Waals surface area contributed by atoms with Gasteiger partial charge in [0.25, 0.3) is 0 Å². The predicted octanol–water partition coefficient (Wildman–Crippen LogP) is -3.85. The van der Waals surface area contributed by atoms with Crippen LogP contribution in [0, 0.1) is 5.92 Å². The Balaban J connectivity index is 1.76. The number of aliphatic hydroxyl groups is 4. The lowest BCUT2D eigenvalue weighted by Gasteiger charge is -2.48. The van der Waals surface area contributed by atoms with E-state index in [-0.39, 0.29) is 32.2 Å². The predicted molar refractivity (Wildman–Crippen MR) is 136 cm³/mol.